The van der Waals surface area contributed by atoms with Crippen molar-refractivity contribution in [3.05, 3.63) is 35.5 Å². The Morgan fingerprint density at radius 1 is 1.23 bits per heavy atom. The SMILES string of the molecule is CCN1CCN(C(=O)c2cc3cc(C)ccc3[nH]2)CCC1=O. The van der Waals surface area contributed by atoms with Crippen LogP contribution in [0.5, 0.6) is 0 Å². The zero-order valence-electron chi connectivity index (χ0n) is 13.1. The first-order chi connectivity index (χ1) is 10.6. The number of hydrogen-bond donors (Lipinski definition) is 1. The average molecular weight is 299 g/mol. The molecule has 1 aliphatic heterocycles. The second-order valence-electron chi connectivity index (χ2n) is 5.79. The van der Waals surface area contributed by atoms with Gasteiger partial charge in [0.15, 0.2) is 0 Å². The van der Waals surface area contributed by atoms with E-state index in [1.165, 1.54) is 5.56 Å². The number of fused-ring (bicyclic) bond motifs is 1. The van der Waals surface area contributed by atoms with Gasteiger partial charge in [-0.15, -0.1) is 0 Å². The molecule has 5 nitrogen and oxygen atoms in total. The van der Waals surface area contributed by atoms with Crippen LogP contribution in [0.2, 0.25) is 0 Å². The molecular weight excluding hydrogens is 278 g/mol. The van der Waals surface area contributed by atoms with E-state index < -0.39 is 0 Å². The first kappa shape index (κ1) is 14.6. The summed E-state index contributed by atoms with van der Waals surface area (Å²) in [6.45, 7) is 6.39. The summed E-state index contributed by atoms with van der Waals surface area (Å²) in [7, 11) is 0. The van der Waals surface area contributed by atoms with Crippen LogP contribution in [-0.2, 0) is 4.79 Å². The highest BCUT2D eigenvalue weighted by molar-refractivity contribution is 5.98. The van der Waals surface area contributed by atoms with Crippen LogP contribution in [0.3, 0.4) is 0 Å². The second-order valence-corrected chi connectivity index (χ2v) is 5.79. The minimum Gasteiger partial charge on any atom is -0.351 e. The lowest BCUT2D eigenvalue weighted by molar-refractivity contribution is -0.130. The zero-order chi connectivity index (χ0) is 15.7. The molecule has 0 atom stereocenters. The maximum Gasteiger partial charge on any atom is 0.270 e. The average Bonchev–Trinajstić information content (AvgIpc) is 2.83. The third-order valence-electron chi connectivity index (χ3n) is 4.26. The molecule has 1 fully saturated rings. The maximum atomic E-state index is 12.7. The molecule has 0 unspecified atom stereocenters. The Morgan fingerprint density at radius 2 is 2.05 bits per heavy atom. The van der Waals surface area contributed by atoms with Crippen molar-refractivity contribution < 1.29 is 9.59 Å². The summed E-state index contributed by atoms with van der Waals surface area (Å²) in [5.74, 6) is 0.102. The lowest BCUT2D eigenvalue weighted by Gasteiger charge is -2.20. The van der Waals surface area contributed by atoms with E-state index in [0.29, 0.717) is 38.3 Å². The summed E-state index contributed by atoms with van der Waals surface area (Å²) in [5.41, 5.74) is 2.73. The predicted molar refractivity (Wildman–Crippen MR) is 85.8 cm³/mol. The van der Waals surface area contributed by atoms with Crippen LogP contribution in [0, 0.1) is 6.92 Å². The van der Waals surface area contributed by atoms with E-state index in [9.17, 15) is 9.59 Å². The number of carbonyl (C=O) groups is 2. The zero-order valence-corrected chi connectivity index (χ0v) is 13.1. The number of carbonyl (C=O) groups excluding carboxylic acids is 2. The fourth-order valence-corrected chi connectivity index (χ4v) is 2.94. The molecule has 5 heteroatoms. The molecule has 1 aromatic heterocycles. The Labute approximate surface area is 129 Å². The van der Waals surface area contributed by atoms with Gasteiger partial charge in [-0.25, -0.2) is 0 Å². The van der Waals surface area contributed by atoms with E-state index >= 15 is 0 Å². The minimum absolute atomic E-state index is 0.0281. The van der Waals surface area contributed by atoms with Gasteiger partial charge in [0.05, 0.1) is 0 Å². The van der Waals surface area contributed by atoms with E-state index in [1.807, 2.05) is 36.9 Å². The number of aromatic nitrogens is 1. The van der Waals surface area contributed by atoms with Gasteiger partial charge in [-0.3, -0.25) is 9.59 Å². The summed E-state index contributed by atoms with van der Waals surface area (Å²) in [5, 5.41) is 1.05. The van der Waals surface area contributed by atoms with Crippen molar-refractivity contribution in [1.82, 2.24) is 14.8 Å². The second kappa shape index (κ2) is 5.83. The molecule has 2 heterocycles. The number of rotatable bonds is 2. The summed E-state index contributed by atoms with van der Waals surface area (Å²) in [6, 6.07) is 7.98. The van der Waals surface area contributed by atoms with Crippen LogP contribution in [0.4, 0.5) is 0 Å². The Morgan fingerprint density at radius 3 is 2.82 bits per heavy atom. The highest BCUT2D eigenvalue weighted by Crippen LogP contribution is 2.18. The number of aryl methyl sites for hydroxylation is 1. The normalized spacial score (nSPS) is 16.2. The molecule has 3 rings (SSSR count). The van der Waals surface area contributed by atoms with E-state index in [4.69, 9.17) is 0 Å². The summed E-state index contributed by atoms with van der Waals surface area (Å²) in [4.78, 5) is 31.3. The molecule has 1 saturated heterocycles. The highest BCUT2D eigenvalue weighted by Gasteiger charge is 2.24. The quantitative estimate of drug-likeness (QED) is 0.924. The van der Waals surface area contributed by atoms with Crippen molar-refractivity contribution in [3.63, 3.8) is 0 Å². The molecule has 2 aromatic rings. The van der Waals surface area contributed by atoms with Crippen LogP contribution in [-0.4, -0.2) is 52.8 Å². The van der Waals surface area contributed by atoms with Gasteiger partial charge in [-0.05, 0) is 32.0 Å². The molecule has 0 radical (unpaired) electrons. The molecule has 116 valence electrons. The van der Waals surface area contributed by atoms with Crippen molar-refractivity contribution in [1.29, 1.82) is 0 Å². The number of aromatic amines is 1. The minimum atomic E-state index is -0.0281. The molecule has 1 aromatic carbocycles. The lowest BCUT2D eigenvalue weighted by Crippen LogP contribution is -2.35. The Balaban J connectivity index is 1.81. The first-order valence-electron chi connectivity index (χ1n) is 7.75. The van der Waals surface area contributed by atoms with Crippen molar-refractivity contribution in [2.75, 3.05) is 26.2 Å². The van der Waals surface area contributed by atoms with Crippen molar-refractivity contribution in [2.24, 2.45) is 0 Å². The number of H-pyrrole nitrogens is 1. The fraction of sp³-hybridized carbons (Fsp3) is 0.412. The number of amides is 2. The van der Waals surface area contributed by atoms with Crippen LogP contribution < -0.4 is 0 Å². The Kier molecular flexibility index (Phi) is 3.88. The van der Waals surface area contributed by atoms with Crippen molar-refractivity contribution >= 4 is 22.7 Å². The molecule has 1 N–H and O–H groups in total. The van der Waals surface area contributed by atoms with Crippen LogP contribution >= 0.6 is 0 Å². The maximum absolute atomic E-state index is 12.7. The molecule has 0 aliphatic carbocycles. The molecule has 0 bridgehead atoms. The van der Waals surface area contributed by atoms with Gasteiger partial charge in [0.2, 0.25) is 5.91 Å². The number of benzene rings is 1. The van der Waals surface area contributed by atoms with Gasteiger partial charge >= 0.3 is 0 Å². The van der Waals surface area contributed by atoms with Crippen LogP contribution in [0.15, 0.2) is 24.3 Å². The Bertz CT molecular complexity index is 720. The standard InChI is InChI=1S/C17H21N3O2/c1-3-19-8-9-20(7-6-16(19)21)17(22)15-11-13-10-12(2)4-5-14(13)18-15/h4-5,10-11,18H,3,6-9H2,1-2H3. The highest BCUT2D eigenvalue weighted by atomic mass is 16.2. The first-order valence-corrected chi connectivity index (χ1v) is 7.75. The lowest BCUT2D eigenvalue weighted by atomic mass is 10.2. The topological polar surface area (TPSA) is 56.4 Å². The van der Waals surface area contributed by atoms with Gasteiger partial charge in [-0.1, -0.05) is 11.6 Å². The number of likely N-dealkylation sites (N-methyl/N-ethyl adjacent to an activating group) is 1. The predicted octanol–water partition coefficient (Wildman–Crippen LogP) is 2.17. The fourth-order valence-electron chi connectivity index (χ4n) is 2.94. The number of nitrogens with zero attached hydrogens (tertiary/aromatic N) is 2. The summed E-state index contributed by atoms with van der Waals surface area (Å²) in [6.07, 6.45) is 0.402. The molecule has 2 amide bonds. The van der Waals surface area contributed by atoms with E-state index in [1.54, 1.807) is 4.90 Å². The number of hydrogen-bond acceptors (Lipinski definition) is 2. The van der Waals surface area contributed by atoms with Crippen molar-refractivity contribution in [3.8, 4) is 0 Å². The largest absolute Gasteiger partial charge is 0.351 e. The van der Waals surface area contributed by atoms with Crippen LogP contribution in [0.25, 0.3) is 10.9 Å². The van der Waals surface area contributed by atoms with Crippen molar-refractivity contribution in [2.45, 2.75) is 20.3 Å². The Hall–Kier alpha value is -2.30. The van der Waals surface area contributed by atoms with Gasteiger partial charge in [0.1, 0.15) is 5.69 Å². The molecule has 1 aliphatic rings. The molecular formula is C17H21N3O2. The summed E-state index contributed by atoms with van der Waals surface area (Å²) < 4.78 is 0. The van der Waals surface area contributed by atoms with Gasteiger partial charge in [0, 0.05) is 43.5 Å². The van der Waals surface area contributed by atoms with Gasteiger partial charge in [-0.2, -0.15) is 0 Å². The smallest absolute Gasteiger partial charge is 0.270 e. The van der Waals surface area contributed by atoms with E-state index in [-0.39, 0.29) is 11.8 Å². The number of nitrogens with one attached hydrogen (secondary N) is 1. The molecule has 22 heavy (non-hydrogen) atoms. The monoisotopic (exact) mass is 299 g/mol. The van der Waals surface area contributed by atoms with E-state index in [0.717, 1.165) is 10.9 Å². The molecule has 0 saturated carbocycles. The van der Waals surface area contributed by atoms with E-state index in [2.05, 4.69) is 11.1 Å². The van der Waals surface area contributed by atoms with Gasteiger partial charge < -0.3 is 14.8 Å². The third kappa shape index (κ3) is 2.71. The van der Waals surface area contributed by atoms with Gasteiger partial charge in [0.25, 0.3) is 5.91 Å². The summed E-state index contributed by atoms with van der Waals surface area (Å²) >= 11 is 0. The molecule has 0 spiro atoms. The van der Waals surface area contributed by atoms with Crippen LogP contribution in [0.1, 0.15) is 29.4 Å². The third-order valence-corrected chi connectivity index (χ3v) is 4.26.